The summed E-state index contributed by atoms with van der Waals surface area (Å²) in [5, 5.41) is 0.766. The molecule has 3 heteroatoms. The van der Waals surface area contributed by atoms with Gasteiger partial charge in [-0.05, 0) is 49.1 Å². The van der Waals surface area contributed by atoms with Crippen LogP contribution < -0.4 is 10.5 Å². The zero-order chi connectivity index (χ0) is 15.0. The van der Waals surface area contributed by atoms with E-state index >= 15 is 0 Å². The van der Waals surface area contributed by atoms with E-state index in [0.717, 1.165) is 35.8 Å². The molecule has 0 fully saturated rings. The molecule has 2 N–H and O–H groups in total. The Labute approximate surface area is 130 Å². The fourth-order valence-electron chi connectivity index (χ4n) is 3.08. The van der Waals surface area contributed by atoms with E-state index in [2.05, 4.69) is 32.0 Å². The monoisotopic (exact) mass is 301 g/mol. The minimum Gasteiger partial charge on any atom is -0.493 e. The van der Waals surface area contributed by atoms with Crippen LogP contribution in [0.2, 0.25) is 5.02 Å². The van der Waals surface area contributed by atoms with Crippen molar-refractivity contribution in [3.8, 4) is 5.75 Å². The van der Waals surface area contributed by atoms with Gasteiger partial charge in [0.2, 0.25) is 0 Å². The molecule has 0 saturated heterocycles. The zero-order valence-electron chi connectivity index (χ0n) is 12.4. The quantitative estimate of drug-likeness (QED) is 0.925. The molecule has 0 aliphatic carbocycles. The lowest BCUT2D eigenvalue weighted by atomic mass is 9.95. The second kappa shape index (κ2) is 5.70. The summed E-state index contributed by atoms with van der Waals surface area (Å²) < 4.78 is 5.75. The summed E-state index contributed by atoms with van der Waals surface area (Å²) in [6.07, 6.45) is 1.67. The summed E-state index contributed by atoms with van der Waals surface area (Å²) in [5.74, 6) is 0.985. The molecular formula is C18H20ClNO. The maximum absolute atomic E-state index is 6.41. The highest BCUT2D eigenvalue weighted by Gasteiger charge is 2.19. The summed E-state index contributed by atoms with van der Waals surface area (Å²) >= 11 is 6.21. The molecule has 2 aromatic carbocycles. The van der Waals surface area contributed by atoms with Gasteiger partial charge in [-0.15, -0.1) is 0 Å². The summed E-state index contributed by atoms with van der Waals surface area (Å²) in [6, 6.07) is 10.4. The van der Waals surface area contributed by atoms with Crippen LogP contribution in [0.4, 0.5) is 0 Å². The molecule has 110 valence electrons. The van der Waals surface area contributed by atoms with E-state index in [1.165, 1.54) is 22.3 Å². The number of aryl methyl sites for hydroxylation is 2. The topological polar surface area (TPSA) is 35.2 Å². The van der Waals surface area contributed by atoms with Crippen molar-refractivity contribution < 1.29 is 4.74 Å². The molecule has 0 spiro atoms. The van der Waals surface area contributed by atoms with Crippen LogP contribution in [0.3, 0.4) is 0 Å². The van der Waals surface area contributed by atoms with E-state index < -0.39 is 0 Å². The van der Waals surface area contributed by atoms with E-state index in [-0.39, 0.29) is 6.04 Å². The molecule has 1 atom stereocenters. The van der Waals surface area contributed by atoms with Crippen molar-refractivity contribution in [1.82, 2.24) is 0 Å². The van der Waals surface area contributed by atoms with Crippen molar-refractivity contribution in [3.05, 3.63) is 63.2 Å². The lowest BCUT2D eigenvalue weighted by Crippen LogP contribution is -2.14. The zero-order valence-corrected chi connectivity index (χ0v) is 13.2. The van der Waals surface area contributed by atoms with Crippen molar-refractivity contribution in [3.63, 3.8) is 0 Å². The second-order valence-electron chi connectivity index (χ2n) is 5.88. The molecule has 0 bridgehead atoms. The molecule has 3 rings (SSSR count). The molecule has 1 aliphatic rings. The molecule has 0 saturated carbocycles. The first-order valence-corrected chi connectivity index (χ1v) is 7.68. The fourth-order valence-corrected chi connectivity index (χ4v) is 3.34. The normalized spacial score (nSPS) is 14.7. The Morgan fingerprint density at radius 1 is 1.14 bits per heavy atom. The molecule has 21 heavy (non-hydrogen) atoms. The smallest absolute Gasteiger partial charge is 0.125 e. The predicted molar refractivity (Wildman–Crippen MR) is 87.2 cm³/mol. The highest BCUT2D eigenvalue weighted by Crippen LogP contribution is 2.35. The third-order valence-electron chi connectivity index (χ3n) is 3.94. The van der Waals surface area contributed by atoms with Crippen LogP contribution in [-0.4, -0.2) is 6.61 Å². The van der Waals surface area contributed by atoms with E-state index in [9.17, 15) is 0 Å². The molecule has 0 aromatic heterocycles. The number of halogens is 1. The largest absolute Gasteiger partial charge is 0.493 e. The minimum atomic E-state index is -0.0460. The average molecular weight is 302 g/mol. The SMILES string of the molecule is Cc1cc(C)cc(C(N)Cc2cc(Cl)cc3c2OCC3)c1. The van der Waals surface area contributed by atoms with Crippen LogP contribution in [0.5, 0.6) is 5.75 Å². The van der Waals surface area contributed by atoms with E-state index in [1.54, 1.807) is 0 Å². The van der Waals surface area contributed by atoms with Crippen molar-refractivity contribution in [2.45, 2.75) is 32.7 Å². The van der Waals surface area contributed by atoms with Gasteiger partial charge in [0, 0.05) is 17.5 Å². The van der Waals surface area contributed by atoms with Gasteiger partial charge in [-0.2, -0.15) is 0 Å². The van der Waals surface area contributed by atoms with Gasteiger partial charge < -0.3 is 10.5 Å². The van der Waals surface area contributed by atoms with E-state index in [1.807, 2.05) is 12.1 Å². The van der Waals surface area contributed by atoms with Gasteiger partial charge in [0.15, 0.2) is 0 Å². The van der Waals surface area contributed by atoms with Gasteiger partial charge >= 0.3 is 0 Å². The number of hydrogen-bond acceptors (Lipinski definition) is 2. The van der Waals surface area contributed by atoms with Crippen LogP contribution in [-0.2, 0) is 12.8 Å². The van der Waals surface area contributed by atoms with Gasteiger partial charge in [0.05, 0.1) is 6.61 Å². The Morgan fingerprint density at radius 3 is 2.57 bits per heavy atom. The maximum atomic E-state index is 6.41. The molecule has 1 heterocycles. The molecule has 2 aromatic rings. The van der Waals surface area contributed by atoms with Crippen LogP contribution in [0.1, 0.15) is 33.9 Å². The van der Waals surface area contributed by atoms with Crippen LogP contribution in [0.25, 0.3) is 0 Å². The number of rotatable bonds is 3. The lowest BCUT2D eigenvalue weighted by molar-refractivity contribution is 0.352. The van der Waals surface area contributed by atoms with Gasteiger partial charge in [0.25, 0.3) is 0 Å². The molecule has 1 unspecified atom stereocenters. The Bertz CT molecular complexity index is 661. The number of hydrogen-bond donors (Lipinski definition) is 1. The second-order valence-corrected chi connectivity index (χ2v) is 6.32. The van der Waals surface area contributed by atoms with Crippen molar-refractivity contribution in [1.29, 1.82) is 0 Å². The number of nitrogens with two attached hydrogens (primary N) is 1. The minimum absolute atomic E-state index is 0.0460. The first-order valence-electron chi connectivity index (χ1n) is 7.31. The third kappa shape index (κ3) is 3.07. The van der Waals surface area contributed by atoms with E-state index in [0.29, 0.717) is 0 Å². The highest BCUT2D eigenvalue weighted by atomic mass is 35.5. The summed E-state index contributed by atoms with van der Waals surface area (Å²) in [4.78, 5) is 0. The molecule has 0 amide bonds. The Balaban J connectivity index is 1.90. The summed E-state index contributed by atoms with van der Waals surface area (Å²) in [7, 11) is 0. The standard InChI is InChI=1S/C18H20ClNO/c1-11-5-12(2)7-14(6-11)17(20)10-15-9-16(19)8-13-3-4-21-18(13)15/h5-9,17H,3-4,10,20H2,1-2H3. The van der Waals surface area contributed by atoms with Gasteiger partial charge in [0.1, 0.15) is 5.75 Å². The van der Waals surface area contributed by atoms with Crippen molar-refractivity contribution in [2.75, 3.05) is 6.61 Å². The Kier molecular flexibility index (Phi) is 3.92. The van der Waals surface area contributed by atoms with Crippen LogP contribution in [0.15, 0.2) is 30.3 Å². The highest BCUT2D eigenvalue weighted by molar-refractivity contribution is 6.30. The Morgan fingerprint density at radius 2 is 1.86 bits per heavy atom. The molecule has 0 radical (unpaired) electrons. The van der Waals surface area contributed by atoms with E-state index in [4.69, 9.17) is 22.1 Å². The number of benzene rings is 2. The molecule has 1 aliphatic heterocycles. The molecule has 2 nitrogen and oxygen atoms in total. The molecular weight excluding hydrogens is 282 g/mol. The first kappa shape index (κ1) is 14.4. The maximum Gasteiger partial charge on any atom is 0.125 e. The summed E-state index contributed by atoms with van der Waals surface area (Å²) in [6.45, 7) is 4.94. The fraction of sp³-hybridized carbons (Fsp3) is 0.333. The van der Waals surface area contributed by atoms with Gasteiger partial charge in [-0.1, -0.05) is 40.9 Å². The number of fused-ring (bicyclic) bond motifs is 1. The van der Waals surface area contributed by atoms with Crippen molar-refractivity contribution in [2.24, 2.45) is 5.73 Å². The third-order valence-corrected chi connectivity index (χ3v) is 4.16. The lowest BCUT2D eigenvalue weighted by Gasteiger charge is -2.16. The average Bonchev–Trinajstić information content (AvgIpc) is 2.85. The number of ether oxygens (including phenoxy) is 1. The van der Waals surface area contributed by atoms with Crippen molar-refractivity contribution >= 4 is 11.6 Å². The van der Waals surface area contributed by atoms with Gasteiger partial charge in [-0.25, -0.2) is 0 Å². The van der Waals surface area contributed by atoms with Gasteiger partial charge in [-0.3, -0.25) is 0 Å². The van der Waals surface area contributed by atoms with Crippen LogP contribution >= 0.6 is 11.6 Å². The van der Waals surface area contributed by atoms with Crippen LogP contribution in [0, 0.1) is 13.8 Å². The Hall–Kier alpha value is -1.51. The summed E-state index contributed by atoms with van der Waals surface area (Å²) in [5.41, 5.74) is 12.4. The first-order chi connectivity index (χ1) is 10.0. The predicted octanol–water partition coefficient (Wildman–Crippen LogP) is 4.13.